The lowest BCUT2D eigenvalue weighted by Gasteiger charge is -2.13. The molecule has 0 aliphatic carbocycles. The highest BCUT2D eigenvalue weighted by Crippen LogP contribution is 2.25. The van der Waals surface area contributed by atoms with E-state index in [9.17, 15) is 8.42 Å². The first-order chi connectivity index (χ1) is 9.46. The molecule has 1 N–H and O–H groups in total. The van der Waals surface area contributed by atoms with E-state index in [1.165, 1.54) is 6.26 Å². The van der Waals surface area contributed by atoms with Gasteiger partial charge in [-0.1, -0.05) is 13.0 Å². The molecule has 1 aromatic carbocycles. The summed E-state index contributed by atoms with van der Waals surface area (Å²) in [7, 11) is -1.17. The van der Waals surface area contributed by atoms with Gasteiger partial charge in [-0.05, 0) is 19.5 Å². The molecule has 0 radical (unpaired) electrons. The van der Waals surface area contributed by atoms with Crippen molar-refractivity contribution in [1.29, 1.82) is 0 Å². The van der Waals surface area contributed by atoms with Gasteiger partial charge in [0.25, 0.3) is 0 Å². The van der Waals surface area contributed by atoms with Crippen LogP contribution in [0, 0.1) is 0 Å². The minimum atomic E-state index is -3.02. The molecule has 5 nitrogen and oxygen atoms in total. The smallest absolute Gasteiger partial charge is 0.150 e. The summed E-state index contributed by atoms with van der Waals surface area (Å²) in [5.74, 6) is 1.41. The van der Waals surface area contributed by atoms with Crippen LogP contribution in [0.4, 0.5) is 0 Å². The van der Waals surface area contributed by atoms with Gasteiger partial charge in [0.15, 0.2) is 9.84 Å². The van der Waals surface area contributed by atoms with Crippen molar-refractivity contribution < 1.29 is 17.9 Å². The van der Waals surface area contributed by atoms with E-state index >= 15 is 0 Å². The molecular weight excluding hydrogens is 278 g/mol. The maximum atomic E-state index is 11.1. The lowest BCUT2D eigenvalue weighted by molar-refractivity contribution is 0.307. The summed E-state index contributed by atoms with van der Waals surface area (Å²) in [6.45, 7) is 3.49. The second-order valence-electron chi connectivity index (χ2n) is 4.63. The van der Waals surface area contributed by atoms with E-state index in [2.05, 4.69) is 5.32 Å². The fourth-order valence-corrected chi connectivity index (χ4v) is 2.00. The first-order valence-electron chi connectivity index (χ1n) is 6.67. The number of rotatable bonds is 9. The van der Waals surface area contributed by atoms with Gasteiger partial charge in [0, 0.05) is 24.4 Å². The van der Waals surface area contributed by atoms with Crippen LogP contribution in [0.1, 0.15) is 18.9 Å². The molecule has 20 heavy (non-hydrogen) atoms. The lowest BCUT2D eigenvalue weighted by atomic mass is 10.2. The predicted octanol–water partition coefficient (Wildman–Crippen LogP) is 1.62. The molecule has 0 saturated heterocycles. The van der Waals surface area contributed by atoms with Gasteiger partial charge in [0.2, 0.25) is 0 Å². The molecule has 0 spiro atoms. The number of hydrogen-bond acceptors (Lipinski definition) is 5. The molecule has 1 aromatic rings. The van der Waals surface area contributed by atoms with Crippen LogP contribution in [-0.4, -0.2) is 40.7 Å². The van der Waals surface area contributed by atoms with Gasteiger partial charge in [-0.15, -0.1) is 0 Å². The monoisotopic (exact) mass is 301 g/mol. The zero-order valence-corrected chi connectivity index (χ0v) is 13.1. The Morgan fingerprint density at radius 2 is 1.95 bits per heavy atom. The second kappa shape index (κ2) is 8.11. The molecule has 0 fully saturated rings. The summed E-state index contributed by atoms with van der Waals surface area (Å²) in [6.07, 6.45) is 2.13. The standard InChI is InChI=1S/C14H23NO4S/c1-4-7-18-13-6-5-12(11-15-2)14(10-13)19-8-9-20(3,16)17/h5-6,10,15H,4,7-9,11H2,1-3H3. The van der Waals surface area contributed by atoms with Crippen LogP contribution >= 0.6 is 0 Å². The molecule has 6 heteroatoms. The highest BCUT2D eigenvalue weighted by molar-refractivity contribution is 7.90. The molecule has 0 heterocycles. The first-order valence-corrected chi connectivity index (χ1v) is 8.73. The van der Waals surface area contributed by atoms with Crippen molar-refractivity contribution in [2.75, 3.05) is 32.3 Å². The molecule has 114 valence electrons. The van der Waals surface area contributed by atoms with Crippen molar-refractivity contribution in [3.8, 4) is 11.5 Å². The summed E-state index contributed by atoms with van der Waals surface area (Å²) >= 11 is 0. The fourth-order valence-electron chi connectivity index (χ4n) is 1.62. The van der Waals surface area contributed by atoms with Crippen LogP contribution in [-0.2, 0) is 16.4 Å². The van der Waals surface area contributed by atoms with Crippen molar-refractivity contribution in [2.45, 2.75) is 19.9 Å². The Balaban J connectivity index is 2.76. The molecule has 0 atom stereocenters. The Labute approximate surface area is 121 Å². The van der Waals surface area contributed by atoms with Crippen LogP contribution in [0.5, 0.6) is 11.5 Å². The SMILES string of the molecule is CCCOc1ccc(CNC)c(OCCS(C)(=O)=O)c1. The molecule has 0 unspecified atom stereocenters. The van der Waals surface area contributed by atoms with Crippen LogP contribution < -0.4 is 14.8 Å². The zero-order chi connectivity index (χ0) is 15.0. The molecule has 0 aliphatic rings. The quantitative estimate of drug-likeness (QED) is 0.751. The topological polar surface area (TPSA) is 64.6 Å². The normalized spacial score (nSPS) is 11.3. The van der Waals surface area contributed by atoms with Gasteiger partial charge in [-0.3, -0.25) is 0 Å². The van der Waals surface area contributed by atoms with Gasteiger partial charge in [-0.25, -0.2) is 8.42 Å². The van der Waals surface area contributed by atoms with E-state index in [0.29, 0.717) is 18.9 Å². The van der Waals surface area contributed by atoms with Gasteiger partial charge in [0.05, 0.1) is 12.4 Å². The number of hydrogen-bond donors (Lipinski definition) is 1. The minimum absolute atomic E-state index is 0.00599. The average molecular weight is 301 g/mol. The van der Waals surface area contributed by atoms with E-state index in [4.69, 9.17) is 9.47 Å². The molecule has 0 amide bonds. The third-order valence-corrected chi connectivity index (χ3v) is 3.50. The van der Waals surface area contributed by atoms with Gasteiger partial charge in [-0.2, -0.15) is 0 Å². The summed E-state index contributed by atoms with van der Waals surface area (Å²) in [4.78, 5) is 0. The van der Waals surface area contributed by atoms with E-state index in [0.717, 1.165) is 17.7 Å². The Hall–Kier alpha value is -1.27. The summed E-state index contributed by atoms with van der Waals surface area (Å²) < 4.78 is 33.4. The van der Waals surface area contributed by atoms with Crippen LogP contribution in [0.15, 0.2) is 18.2 Å². The lowest BCUT2D eigenvalue weighted by Crippen LogP contribution is -2.14. The van der Waals surface area contributed by atoms with Gasteiger partial charge in [0.1, 0.15) is 18.1 Å². The number of ether oxygens (including phenoxy) is 2. The molecular formula is C14H23NO4S. The largest absolute Gasteiger partial charge is 0.493 e. The van der Waals surface area contributed by atoms with Crippen molar-refractivity contribution in [3.05, 3.63) is 23.8 Å². The van der Waals surface area contributed by atoms with E-state index in [-0.39, 0.29) is 12.4 Å². The van der Waals surface area contributed by atoms with E-state index in [1.807, 2.05) is 32.2 Å². The predicted molar refractivity (Wildman–Crippen MR) is 80.2 cm³/mol. The Bertz CT molecular complexity index is 514. The third-order valence-electron chi connectivity index (χ3n) is 2.59. The molecule has 1 rings (SSSR count). The van der Waals surface area contributed by atoms with Gasteiger partial charge < -0.3 is 14.8 Å². The maximum absolute atomic E-state index is 11.1. The van der Waals surface area contributed by atoms with Crippen molar-refractivity contribution in [1.82, 2.24) is 5.32 Å². The fraction of sp³-hybridized carbons (Fsp3) is 0.571. The van der Waals surface area contributed by atoms with Crippen LogP contribution in [0.3, 0.4) is 0 Å². The molecule has 0 aliphatic heterocycles. The van der Waals surface area contributed by atoms with E-state index in [1.54, 1.807) is 0 Å². The first kappa shape index (κ1) is 16.8. The zero-order valence-electron chi connectivity index (χ0n) is 12.3. The second-order valence-corrected chi connectivity index (χ2v) is 6.89. The molecule has 0 aromatic heterocycles. The maximum Gasteiger partial charge on any atom is 0.150 e. The summed E-state index contributed by atoms with van der Waals surface area (Å²) in [6, 6.07) is 5.63. The summed E-state index contributed by atoms with van der Waals surface area (Å²) in [5, 5.41) is 3.05. The van der Waals surface area contributed by atoms with E-state index < -0.39 is 9.84 Å². The number of sulfone groups is 1. The Morgan fingerprint density at radius 3 is 2.55 bits per heavy atom. The van der Waals surface area contributed by atoms with Gasteiger partial charge >= 0.3 is 0 Å². The number of benzene rings is 1. The Kier molecular flexibility index (Phi) is 6.81. The molecule has 0 saturated carbocycles. The van der Waals surface area contributed by atoms with Crippen LogP contribution in [0.2, 0.25) is 0 Å². The average Bonchev–Trinajstić information content (AvgIpc) is 2.37. The van der Waals surface area contributed by atoms with Crippen molar-refractivity contribution in [2.24, 2.45) is 0 Å². The van der Waals surface area contributed by atoms with Crippen LogP contribution in [0.25, 0.3) is 0 Å². The highest BCUT2D eigenvalue weighted by Gasteiger charge is 2.08. The Morgan fingerprint density at radius 1 is 1.20 bits per heavy atom. The third kappa shape index (κ3) is 6.25. The van der Waals surface area contributed by atoms with Crippen molar-refractivity contribution >= 4 is 9.84 Å². The highest BCUT2D eigenvalue weighted by atomic mass is 32.2. The minimum Gasteiger partial charge on any atom is -0.493 e. The summed E-state index contributed by atoms with van der Waals surface area (Å²) in [5.41, 5.74) is 0.977. The molecule has 0 bridgehead atoms. The number of nitrogens with one attached hydrogen (secondary N) is 1. The van der Waals surface area contributed by atoms with Crippen molar-refractivity contribution in [3.63, 3.8) is 0 Å².